The lowest BCUT2D eigenvalue weighted by Crippen LogP contribution is -1.77. The lowest BCUT2D eigenvalue weighted by molar-refractivity contribution is -0.107. The Bertz CT molecular complexity index is 138. The summed E-state index contributed by atoms with van der Waals surface area (Å²) in [6, 6.07) is 0. The Morgan fingerprint density at radius 1 is 0.786 bits per heavy atom. The fourth-order valence-corrected chi connectivity index (χ4v) is 1.44. The van der Waals surface area contributed by atoms with Gasteiger partial charge in [-0.25, -0.2) is 0 Å². The summed E-state index contributed by atoms with van der Waals surface area (Å²) < 4.78 is 0. The molecule has 0 aliphatic carbocycles. The van der Waals surface area contributed by atoms with Crippen molar-refractivity contribution in [2.75, 3.05) is 0 Å². The van der Waals surface area contributed by atoms with Gasteiger partial charge in [0.25, 0.3) is 0 Å². The Labute approximate surface area is 88.6 Å². The first-order valence-corrected chi connectivity index (χ1v) is 6.00. The topological polar surface area (TPSA) is 17.1 Å². The van der Waals surface area contributed by atoms with Gasteiger partial charge in [0, 0.05) is 6.42 Å². The lowest BCUT2D eigenvalue weighted by Gasteiger charge is -1.97. The largest absolute Gasteiger partial charge is 0.303 e. The van der Waals surface area contributed by atoms with E-state index < -0.39 is 0 Å². The normalized spacial score (nSPS) is 10.9. The number of aldehydes is 1. The van der Waals surface area contributed by atoms with E-state index in [1.807, 2.05) is 0 Å². The van der Waals surface area contributed by atoms with Gasteiger partial charge in [-0.05, 0) is 19.3 Å². The van der Waals surface area contributed by atoms with Crippen LogP contribution in [0.15, 0.2) is 12.2 Å². The minimum Gasteiger partial charge on any atom is -0.303 e. The van der Waals surface area contributed by atoms with E-state index in [1.165, 1.54) is 44.9 Å². The first-order chi connectivity index (χ1) is 6.91. The van der Waals surface area contributed by atoms with Crippen LogP contribution in [0.25, 0.3) is 0 Å². The van der Waals surface area contributed by atoms with Gasteiger partial charge in [-0.15, -0.1) is 0 Å². The predicted octanol–water partition coefficient (Wildman–Crippen LogP) is 4.27. The highest BCUT2D eigenvalue weighted by Gasteiger charge is 1.87. The van der Waals surface area contributed by atoms with E-state index in [-0.39, 0.29) is 0 Å². The zero-order chi connectivity index (χ0) is 10.5. The van der Waals surface area contributed by atoms with E-state index in [2.05, 4.69) is 19.1 Å². The van der Waals surface area contributed by atoms with Crippen LogP contribution in [0, 0.1) is 0 Å². The molecule has 0 aliphatic rings. The van der Waals surface area contributed by atoms with Crippen LogP contribution in [0.3, 0.4) is 0 Å². The molecule has 82 valence electrons. The summed E-state index contributed by atoms with van der Waals surface area (Å²) in [6.07, 6.45) is 16.2. The van der Waals surface area contributed by atoms with Gasteiger partial charge < -0.3 is 4.79 Å². The Hall–Kier alpha value is -0.590. The number of unbranched alkanes of at least 4 members (excludes halogenated alkanes) is 7. The molecule has 0 amide bonds. The van der Waals surface area contributed by atoms with Gasteiger partial charge in [0.15, 0.2) is 0 Å². The number of carbonyl (C=O) groups excluding carboxylic acids is 1. The Morgan fingerprint density at radius 3 is 2.14 bits per heavy atom. The van der Waals surface area contributed by atoms with Crippen molar-refractivity contribution < 1.29 is 4.79 Å². The van der Waals surface area contributed by atoms with Crippen molar-refractivity contribution in [3.63, 3.8) is 0 Å². The van der Waals surface area contributed by atoms with E-state index in [9.17, 15) is 4.79 Å². The molecule has 14 heavy (non-hydrogen) atoms. The molecule has 0 fully saturated rings. The van der Waals surface area contributed by atoms with Crippen LogP contribution in [0.1, 0.15) is 64.7 Å². The maximum Gasteiger partial charge on any atom is 0.120 e. The van der Waals surface area contributed by atoms with Crippen molar-refractivity contribution in [3.8, 4) is 0 Å². The summed E-state index contributed by atoms with van der Waals surface area (Å²) in [7, 11) is 0. The molecule has 0 aromatic carbocycles. The van der Waals surface area contributed by atoms with E-state index in [0.29, 0.717) is 6.42 Å². The number of hydrogen-bond acceptors (Lipinski definition) is 1. The molecule has 0 radical (unpaired) electrons. The SMILES string of the molecule is CCCCCCCCC=CCCC=O. The van der Waals surface area contributed by atoms with Crippen LogP contribution in [0.4, 0.5) is 0 Å². The Kier molecular flexibility index (Phi) is 11.9. The minimum atomic E-state index is 0.674. The fourth-order valence-electron chi connectivity index (χ4n) is 1.44. The lowest BCUT2D eigenvalue weighted by atomic mass is 10.1. The highest BCUT2D eigenvalue weighted by Crippen LogP contribution is 2.07. The van der Waals surface area contributed by atoms with Crippen LogP contribution < -0.4 is 0 Å². The van der Waals surface area contributed by atoms with E-state index in [4.69, 9.17) is 0 Å². The molecule has 1 heteroatoms. The molecular weight excluding hydrogens is 172 g/mol. The van der Waals surface area contributed by atoms with Crippen molar-refractivity contribution in [3.05, 3.63) is 12.2 Å². The minimum absolute atomic E-state index is 0.674. The molecule has 0 spiro atoms. The predicted molar refractivity (Wildman–Crippen MR) is 62.4 cm³/mol. The van der Waals surface area contributed by atoms with Gasteiger partial charge in [0.2, 0.25) is 0 Å². The van der Waals surface area contributed by atoms with Crippen LogP contribution >= 0.6 is 0 Å². The monoisotopic (exact) mass is 196 g/mol. The van der Waals surface area contributed by atoms with Crippen molar-refractivity contribution in [1.29, 1.82) is 0 Å². The number of hydrogen-bond donors (Lipinski definition) is 0. The quantitative estimate of drug-likeness (QED) is 0.290. The zero-order valence-corrected chi connectivity index (χ0v) is 9.50. The van der Waals surface area contributed by atoms with Crippen molar-refractivity contribution in [2.24, 2.45) is 0 Å². The van der Waals surface area contributed by atoms with Gasteiger partial charge in [0.05, 0.1) is 0 Å². The second-order valence-corrected chi connectivity index (χ2v) is 3.77. The highest BCUT2D eigenvalue weighted by atomic mass is 16.1. The average Bonchev–Trinajstić information content (AvgIpc) is 2.21. The molecule has 0 aromatic rings. The van der Waals surface area contributed by atoms with Crippen molar-refractivity contribution >= 4 is 6.29 Å². The summed E-state index contributed by atoms with van der Waals surface area (Å²) in [5, 5.41) is 0. The summed E-state index contributed by atoms with van der Waals surface area (Å²) >= 11 is 0. The molecule has 0 atom stereocenters. The fraction of sp³-hybridized carbons (Fsp3) is 0.769. The Balaban J connectivity index is 2.97. The van der Waals surface area contributed by atoms with E-state index in [1.54, 1.807) is 0 Å². The average molecular weight is 196 g/mol. The van der Waals surface area contributed by atoms with Gasteiger partial charge in [-0.3, -0.25) is 0 Å². The van der Waals surface area contributed by atoms with Crippen LogP contribution in [0.5, 0.6) is 0 Å². The van der Waals surface area contributed by atoms with E-state index >= 15 is 0 Å². The third-order valence-corrected chi connectivity index (χ3v) is 2.34. The summed E-state index contributed by atoms with van der Waals surface area (Å²) in [5.74, 6) is 0. The molecule has 0 N–H and O–H groups in total. The third kappa shape index (κ3) is 11.4. The van der Waals surface area contributed by atoms with Crippen LogP contribution in [0.2, 0.25) is 0 Å². The van der Waals surface area contributed by atoms with Crippen molar-refractivity contribution in [2.45, 2.75) is 64.7 Å². The molecule has 0 heterocycles. The highest BCUT2D eigenvalue weighted by molar-refractivity contribution is 5.49. The molecule has 1 nitrogen and oxygen atoms in total. The maximum absolute atomic E-state index is 10.0. The van der Waals surface area contributed by atoms with Gasteiger partial charge in [-0.1, -0.05) is 51.2 Å². The molecule has 0 saturated carbocycles. The maximum atomic E-state index is 10.0. The zero-order valence-electron chi connectivity index (χ0n) is 9.50. The molecule has 0 bridgehead atoms. The number of carbonyl (C=O) groups is 1. The van der Waals surface area contributed by atoms with Crippen LogP contribution in [-0.4, -0.2) is 6.29 Å². The summed E-state index contributed by atoms with van der Waals surface area (Å²) in [5.41, 5.74) is 0. The van der Waals surface area contributed by atoms with Gasteiger partial charge >= 0.3 is 0 Å². The smallest absolute Gasteiger partial charge is 0.120 e. The molecule has 0 aliphatic heterocycles. The van der Waals surface area contributed by atoms with Gasteiger partial charge in [0.1, 0.15) is 6.29 Å². The van der Waals surface area contributed by atoms with E-state index in [0.717, 1.165) is 12.7 Å². The second-order valence-electron chi connectivity index (χ2n) is 3.77. The molecular formula is C13H24O. The first-order valence-electron chi connectivity index (χ1n) is 6.00. The van der Waals surface area contributed by atoms with Gasteiger partial charge in [-0.2, -0.15) is 0 Å². The molecule has 0 saturated heterocycles. The number of rotatable bonds is 10. The molecule has 0 rings (SSSR count). The summed E-state index contributed by atoms with van der Waals surface area (Å²) in [6.45, 7) is 2.25. The molecule has 0 unspecified atom stereocenters. The number of allylic oxidation sites excluding steroid dienone is 2. The van der Waals surface area contributed by atoms with Crippen molar-refractivity contribution in [1.82, 2.24) is 0 Å². The first kappa shape index (κ1) is 13.4. The second kappa shape index (κ2) is 12.4. The standard InChI is InChI=1S/C13H24O/c1-2-3-4-5-6-7-8-9-10-11-12-13-14/h9-10,13H,2-8,11-12H2,1H3. The Morgan fingerprint density at radius 2 is 1.43 bits per heavy atom. The summed E-state index contributed by atoms with van der Waals surface area (Å²) in [4.78, 5) is 10.0. The molecule has 0 aromatic heterocycles. The van der Waals surface area contributed by atoms with Crippen LogP contribution in [-0.2, 0) is 4.79 Å². The third-order valence-electron chi connectivity index (χ3n) is 2.34.